The molecule has 0 spiro atoms. The number of benzene rings is 2. The minimum atomic E-state index is -0.146. The van der Waals surface area contributed by atoms with E-state index in [1.165, 1.54) is 0 Å². The summed E-state index contributed by atoms with van der Waals surface area (Å²) in [5.74, 6) is 0.835. The van der Waals surface area contributed by atoms with Gasteiger partial charge in [-0.15, -0.1) is 0 Å². The summed E-state index contributed by atoms with van der Waals surface area (Å²) in [6.07, 6.45) is 1.57. The summed E-state index contributed by atoms with van der Waals surface area (Å²) in [4.78, 5) is 11.7. The van der Waals surface area contributed by atoms with Crippen LogP contribution in [-0.2, 0) is 12.8 Å². The van der Waals surface area contributed by atoms with E-state index in [0.29, 0.717) is 13.1 Å². The van der Waals surface area contributed by atoms with Crippen molar-refractivity contribution in [3.63, 3.8) is 0 Å². The highest BCUT2D eigenvalue weighted by Crippen LogP contribution is 2.11. The van der Waals surface area contributed by atoms with Crippen LogP contribution in [0.1, 0.15) is 11.1 Å². The van der Waals surface area contributed by atoms with Crippen molar-refractivity contribution in [2.75, 3.05) is 20.2 Å². The van der Waals surface area contributed by atoms with Gasteiger partial charge < -0.3 is 15.4 Å². The molecule has 2 aromatic rings. The third kappa shape index (κ3) is 6.20. The molecule has 0 fully saturated rings. The highest BCUT2D eigenvalue weighted by Gasteiger charge is 2.01. The predicted octanol–water partition coefficient (Wildman–Crippen LogP) is 3.43. The number of halogens is 1. The second-order valence-electron chi connectivity index (χ2n) is 5.16. The first-order chi connectivity index (χ1) is 11.2. The van der Waals surface area contributed by atoms with Crippen LogP contribution in [0.25, 0.3) is 0 Å². The first kappa shape index (κ1) is 17.2. The number of hydrogen-bond donors (Lipinski definition) is 2. The number of amides is 2. The fourth-order valence-corrected chi connectivity index (χ4v) is 2.27. The van der Waals surface area contributed by atoms with Crippen LogP contribution in [0.5, 0.6) is 5.75 Å². The van der Waals surface area contributed by atoms with E-state index in [2.05, 4.69) is 10.6 Å². The first-order valence-electron chi connectivity index (χ1n) is 7.56. The SMILES string of the molecule is COc1ccc(CCNC(=O)NCCc2ccc(Cl)cc2)cc1. The molecule has 0 saturated carbocycles. The van der Waals surface area contributed by atoms with Crippen LogP contribution in [0.4, 0.5) is 4.79 Å². The van der Waals surface area contributed by atoms with Crippen molar-refractivity contribution >= 4 is 17.6 Å². The van der Waals surface area contributed by atoms with Gasteiger partial charge in [0.1, 0.15) is 5.75 Å². The minimum Gasteiger partial charge on any atom is -0.497 e. The largest absolute Gasteiger partial charge is 0.497 e. The van der Waals surface area contributed by atoms with Crippen molar-refractivity contribution in [3.8, 4) is 5.75 Å². The van der Waals surface area contributed by atoms with Gasteiger partial charge in [-0.05, 0) is 48.2 Å². The standard InChI is InChI=1S/C18H21ClN2O2/c1-23-17-8-4-15(5-9-17)11-13-21-18(22)20-12-10-14-2-6-16(19)7-3-14/h2-9H,10-13H2,1H3,(H2,20,21,22). The molecule has 0 unspecified atom stereocenters. The van der Waals surface area contributed by atoms with Gasteiger partial charge in [-0.3, -0.25) is 0 Å². The number of ether oxygens (including phenoxy) is 1. The van der Waals surface area contributed by atoms with Gasteiger partial charge in [0.05, 0.1) is 7.11 Å². The summed E-state index contributed by atoms with van der Waals surface area (Å²) >= 11 is 5.83. The zero-order valence-electron chi connectivity index (χ0n) is 13.1. The van der Waals surface area contributed by atoms with Crippen LogP contribution < -0.4 is 15.4 Å². The van der Waals surface area contributed by atoms with Gasteiger partial charge in [0.25, 0.3) is 0 Å². The lowest BCUT2D eigenvalue weighted by atomic mass is 10.1. The lowest BCUT2D eigenvalue weighted by Crippen LogP contribution is -2.37. The molecule has 0 aliphatic heterocycles. The first-order valence-corrected chi connectivity index (χ1v) is 7.94. The topological polar surface area (TPSA) is 50.4 Å². The number of carbonyl (C=O) groups excluding carboxylic acids is 1. The highest BCUT2D eigenvalue weighted by molar-refractivity contribution is 6.30. The fraction of sp³-hybridized carbons (Fsp3) is 0.278. The molecule has 122 valence electrons. The predicted molar refractivity (Wildman–Crippen MR) is 93.3 cm³/mol. The van der Waals surface area contributed by atoms with Crippen molar-refractivity contribution in [2.45, 2.75) is 12.8 Å². The third-order valence-electron chi connectivity index (χ3n) is 3.47. The molecular weight excluding hydrogens is 312 g/mol. The van der Waals surface area contributed by atoms with Crippen molar-refractivity contribution in [1.29, 1.82) is 0 Å². The Morgan fingerprint density at radius 3 is 1.87 bits per heavy atom. The summed E-state index contributed by atoms with van der Waals surface area (Å²) in [7, 11) is 1.64. The lowest BCUT2D eigenvalue weighted by Gasteiger charge is -2.08. The summed E-state index contributed by atoms with van der Waals surface area (Å²) in [5, 5.41) is 6.42. The molecule has 0 aromatic heterocycles. The quantitative estimate of drug-likeness (QED) is 0.816. The van der Waals surface area contributed by atoms with Gasteiger partial charge in [-0.2, -0.15) is 0 Å². The van der Waals surface area contributed by atoms with Crippen molar-refractivity contribution < 1.29 is 9.53 Å². The Hall–Kier alpha value is -2.20. The van der Waals surface area contributed by atoms with E-state index in [4.69, 9.17) is 16.3 Å². The molecule has 2 rings (SSSR count). The minimum absolute atomic E-state index is 0.146. The third-order valence-corrected chi connectivity index (χ3v) is 3.72. The molecule has 2 amide bonds. The Bertz CT molecular complexity index is 612. The number of urea groups is 1. The van der Waals surface area contributed by atoms with Crippen LogP contribution >= 0.6 is 11.6 Å². The van der Waals surface area contributed by atoms with Crippen LogP contribution in [0, 0.1) is 0 Å². The Balaban J connectivity index is 1.62. The van der Waals surface area contributed by atoms with Crippen LogP contribution in [0.3, 0.4) is 0 Å². The van der Waals surface area contributed by atoms with E-state index in [9.17, 15) is 4.79 Å². The summed E-state index contributed by atoms with van der Waals surface area (Å²) in [6, 6.07) is 15.3. The Kier molecular flexibility index (Phi) is 6.76. The number of rotatable bonds is 7. The maximum absolute atomic E-state index is 11.7. The highest BCUT2D eigenvalue weighted by atomic mass is 35.5. The zero-order chi connectivity index (χ0) is 16.5. The molecule has 0 radical (unpaired) electrons. The number of methoxy groups -OCH3 is 1. The summed E-state index contributed by atoms with van der Waals surface area (Å²) < 4.78 is 5.11. The Labute approximate surface area is 141 Å². The molecule has 5 heteroatoms. The smallest absolute Gasteiger partial charge is 0.314 e. The van der Waals surface area contributed by atoms with Gasteiger partial charge >= 0.3 is 6.03 Å². The van der Waals surface area contributed by atoms with E-state index < -0.39 is 0 Å². The van der Waals surface area contributed by atoms with Gasteiger partial charge in [0, 0.05) is 18.1 Å². The van der Waals surface area contributed by atoms with Gasteiger partial charge in [-0.1, -0.05) is 35.9 Å². The Morgan fingerprint density at radius 2 is 1.39 bits per heavy atom. The van der Waals surface area contributed by atoms with E-state index in [1.807, 2.05) is 48.5 Å². The van der Waals surface area contributed by atoms with Crippen LogP contribution in [0.15, 0.2) is 48.5 Å². The molecule has 2 N–H and O–H groups in total. The molecule has 2 aromatic carbocycles. The second kappa shape index (κ2) is 9.06. The zero-order valence-corrected chi connectivity index (χ0v) is 13.9. The second-order valence-corrected chi connectivity index (χ2v) is 5.59. The molecule has 0 heterocycles. The molecule has 23 heavy (non-hydrogen) atoms. The van der Waals surface area contributed by atoms with Crippen molar-refractivity contribution in [3.05, 3.63) is 64.7 Å². The van der Waals surface area contributed by atoms with Crippen LogP contribution in [0.2, 0.25) is 5.02 Å². The molecule has 0 atom stereocenters. The van der Waals surface area contributed by atoms with Gasteiger partial charge in [-0.25, -0.2) is 4.79 Å². The van der Waals surface area contributed by atoms with Crippen molar-refractivity contribution in [1.82, 2.24) is 10.6 Å². The van der Waals surface area contributed by atoms with E-state index in [1.54, 1.807) is 7.11 Å². The maximum atomic E-state index is 11.7. The molecule has 0 aliphatic rings. The van der Waals surface area contributed by atoms with Crippen molar-refractivity contribution in [2.24, 2.45) is 0 Å². The van der Waals surface area contributed by atoms with E-state index >= 15 is 0 Å². The number of hydrogen-bond acceptors (Lipinski definition) is 2. The average Bonchev–Trinajstić information content (AvgIpc) is 2.57. The van der Waals surface area contributed by atoms with E-state index in [0.717, 1.165) is 34.7 Å². The van der Waals surface area contributed by atoms with Gasteiger partial charge in [0.2, 0.25) is 0 Å². The lowest BCUT2D eigenvalue weighted by molar-refractivity contribution is 0.241. The fourth-order valence-electron chi connectivity index (χ4n) is 2.15. The molecule has 4 nitrogen and oxygen atoms in total. The van der Waals surface area contributed by atoms with E-state index in [-0.39, 0.29) is 6.03 Å². The van der Waals surface area contributed by atoms with Gasteiger partial charge in [0.15, 0.2) is 0 Å². The maximum Gasteiger partial charge on any atom is 0.314 e. The molecule has 0 aliphatic carbocycles. The molecule has 0 saturated heterocycles. The Morgan fingerprint density at radius 1 is 0.913 bits per heavy atom. The monoisotopic (exact) mass is 332 g/mol. The van der Waals surface area contributed by atoms with Crippen LogP contribution in [-0.4, -0.2) is 26.2 Å². The molecular formula is C18H21ClN2O2. The summed E-state index contributed by atoms with van der Waals surface area (Å²) in [5.41, 5.74) is 2.31. The normalized spacial score (nSPS) is 10.2. The number of carbonyl (C=O) groups is 1. The average molecular weight is 333 g/mol. The number of nitrogens with one attached hydrogen (secondary N) is 2. The summed E-state index contributed by atoms with van der Waals surface area (Å²) in [6.45, 7) is 1.19. The molecule has 0 bridgehead atoms.